The third-order valence-electron chi connectivity index (χ3n) is 4.27. The summed E-state index contributed by atoms with van der Waals surface area (Å²) in [6.45, 7) is 2.51. The summed E-state index contributed by atoms with van der Waals surface area (Å²) in [5, 5.41) is 4.33. The van der Waals surface area contributed by atoms with Crippen LogP contribution in [0.25, 0.3) is 11.0 Å². The van der Waals surface area contributed by atoms with Gasteiger partial charge in [0.25, 0.3) is 5.91 Å². The molecule has 0 saturated carbocycles. The summed E-state index contributed by atoms with van der Waals surface area (Å²) in [4.78, 5) is 16.8. The maximum Gasteiger partial charge on any atom is 0.289 e. The number of hydrogen-bond acceptors (Lipinski definition) is 4. The quantitative estimate of drug-likeness (QED) is 0.894. The van der Waals surface area contributed by atoms with Gasteiger partial charge in [-0.15, -0.1) is 24.8 Å². The molecule has 1 aliphatic heterocycles. The fourth-order valence-electron chi connectivity index (χ4n) is 3.04. The molecule has 2 aromatic rings. The largest absolute Gasteiger partial charge is 0.451 e. The van der Waals surface area contributed by atoms with E-state index in [1.54, 1.807) is 0 Å². The molecule has 1 amide bonds. The number of rotatable bonds is 4. The Labute approximate surface area is 155 Å². The molecule has 2 heterocycles. The summed E-state index contributed by atoms with van der Waals surface area (Å²) in [5.74, 6) is 0.450. The number of furan rings is 1. The van der Waals surface area contributed by atoms with Crippen molar-refractivity contribution in [2.24, 2.45) is 0 Å². The van der Waals surface area contributed by atoms with Crippen molar-refractivity contribution in [3.8, 4) is 0 Å². The SMILES string of the molecule is CN(C)Cc1c(C(=O)N(C)C2CCNC2)oc2ccccc12.Cl.Cl. The molecule has 5 nitrogen and oxygen atoms in total. The molecule has 24 heavy (non-hydrogen) atoms. The van der Waals surface area contributed by atoms with Crippen LogP contribution >= 0.6 is 24.8 Å². The standard InChI is InChI=1S/C17H23N3O2.2ClH/c1-19(2)11-14-13-6-4-5-7-15(13)22-16(14)17(21)20(3)12-8-9-18-10-12;;/h4-7,12,18H,8-11H2,1-3H3;2*1H. The van der Waals surface area contributed by atoms with Crippen LogP contribution in [0.15, 0.2) is 28.7 Å². The molecule has 1 fully saturated rings. The maximum absolute atomic E-state index is 12.9. The molecule has 0 aliphatic carbocycles. The maximum atomic E-state index is 12.9. The second-order valence-corrected chi connectivity index (χ2v) is 6.21. The smallest absolute Gasteiger partial charge is 0.289 e. The van der Waals surface area contributed by atoms with E-state index in [0.29, 0.717) is 12.3 Å². The summed E-state index contributed by atoms with van der Waals surface area (Å²) in [5.41, 5.74) is 1.75. The number of nitrogens with zero attached hydrogens (tertiary/aromatic N) is 2. The molecule has 1 aromatic heterocycles. The molecule has 0 spiro atoms. The lowest BCUT2D eigenvalue weighted by atomic mass is 10.1. The van der Waals surface area contributed by atoms with E-state index in [-0.39, 0.29) is 36.8 Å². The van der Waals surface area contributed by atoms with E-state index >= 15 is 0 Å². The van der Waals surface area contributed by atoms with Gasteiger partial charge >= 0.3 is 0 Å². The summed E-state index contributed by atoms with van der Waals surface area (Å²) < 4.78 is 5.90. The molecule has 0 radical (unpaired) electrons. The minimum absolute atomic E-state index is 0. The Morgan fingerprint density at radius 2 is 1.96 bits per heavy atom. The number of benzene rings is 1. The van der Waals surface area contributed by atoms with Crippen LogP contribution in [0.1, 0.15) is 22.5 Å². The number of fused-ring (bicyclic) bond motifs is 1. The number of carbonyl (C=O) groups is 1. The van der Waals surface area contributed by atoms with Gasteiger partial charge in [0.05, 0.1) is 0 Å². The average molecular weight is 374 g/mol. The fourth-order valence-corrected chi connectivity index (χ4v) is 3.04. The second kappa shape index (κ2) is 8.72. The van der Waals surface area contributed by atoms with Gasteiger partial charge < -0.3 is 19.5 Å². The summed E-state index contributed by atoms with van der Waals surface area (Å²) >= 11 is 0. The van der Waals surface area contributed by atoms with Crippen LogP contribution in [0.2, 0.25) is 0 Å². The van der Waals surface area contributed by atoms with Gasteiger partial charge in [-0.1, -0.05) is 18.2 Å². The monoisotopic (exact) mass is 373 g/mol. The molecule has 1 aliphatic rings. The number of carbonyl (C=O) groups excluding carboxylic acids is 1. The van der Waals surface area contributed by atoms with Crippen LogP contribution in [0.4, 0.5) is 0 Å². The van der Waals surface area contributed by atoms with E-state index in [2.05, 4.69) is 10.2 Å². The van der Waals surface area contributed by atoms with Crippen LogP contribution in [-0.4, -0.2) is 56.0 Å². The molecule has 1 saturated heterocycles. The lowest BCUT2D eigenvalue weighted by molar-refractivity contribution is 0.0711. The zero-order valence-corrected chi connectivity index (χ0v) is 15.9. The highest BCUT2D eigenvalue weighted by Gasteiger charge is 2.29. The summed E-state index contributed by atoms with van der Waals surface area (Å²) in [6, 6.07) is 8.10. The molecule has 7 heteroatoms. The van der Waals surface area contributed by atoms with E-state index < -0.39 is 0 Å². The topological polar surface area (TPSA) is 48.7 Å². The average Bonchev–Trinajstić information content (AvgIpc) is 3.14. The van der Waals surface area contributed by atoms with Gasteiger partial charge in [0.2, 0.25) is 0 Å². The highest BCUT2D eigenvalue weighted by atomic mass is 35.5. The Balaban J connectivity index is 0.00000144. The Morgan fingerprint density at radius 3 is 2.58 bits per heavy atom. The molecule has 1 atom stereocenters. The van der Waals surface area contributed by atoms with E-state index in [4.69, 9.17) is 4.42 Å². The first-order chi connectivity index (χ1) is 10.6. The zero-order chi connectivity index (χ0) is 15.7. The molecule has 134 valence electrons. The molecular formula is C17H25Cl2N3O2. The highest BCUT2D eigenvalue weighted by molar-refractivity contribution is 5.99. The van der Waals surface area contributed by atoms with Gasteiger partial charge in [0.15, 0.2) is 5.76 Å². The predicted molar refractivity (Wildman–Crippen MR) is 101 cm³/mol. The van der Waals surface area contributed by atoms with Crippen LogP contribution < -0.4 is 5.32 Å². The third-order valence-corrected chi connectivity index (χ3v) is 4.27. The van der Waals surface area contributed by atoms with Crippen LogP contribution in [-0.2, 0) is 6.54 Å². The first-order valence-corrected chi connectivity index (χ1v) is 7.71. The summed E-state index contributed by atoms with van der Waals surface area (Å²) in [7, 11) is 5.87. The van der Waals surface area contributed by atoms with Crippen molar-refractivity contribution in [1.82, 2.24) is 15.1 Å². The van der Waals surface area contributed by atoms with Gasteiger partial charge in [-0.2, -0.15) is 0 Å². The predicted octanol–water partition coefficient (Wildman–Crippen LogP) is 2.77. The Hall–Kier alpha value is -1.27. The van der Waals surface area contributed by atoms with Crippen molar-refractivity contribution in [3.63, 3.8) is 0 Å². The lowest BCUT2D eigenvalue weighted by Gasteiger charge is -2.23. The Bertz CT molecular complexity index is 682. The molecule has 1 unspecified atom stereocenters. The minimum Gasteiger partial charge on any atom is -0.451 e. The van der Waals surface area contributed by atoms with Gasteiger partial charge in [-0.3, -0.25) is 4.79 Å². The van der Waals surface area contributed by atoms with E-state index in [1.807, 2.05) is 50.3 Å². The van der Waals surface area contributed by atoms with Crippen molar-refractivity contribution in [2.45, 2.75) is 19.0 Å². The minimum atomic E-state index is -0.0262. The molecule has 3 rings (SSSR count). The normalized spacial score (nSPS) is 16.8. The zero-order valence-electron chi connectivity index (χ0n) is 14.2. The first-order valence-electron chi connectivity index (χ1n) is 7.71. The lowest BCUT2D eigenvalue weighted by Crippen LogP contribution is -2.38. The van der Waals surface area contributed by atoms with E-state index in [9.17, 15) is 4.79 Å². The number of likely N-dealkylation sites (N-methyl/N-ethyl adjacent to an activating group) is 1. The fraction of sp³-hybridized carbons (Fsp3) is 0.471. The van der Waals surface area contributed by atoms with Gasteiger partial charge in [-0.25, -0.2) is 0 Å². The second-order valence-electron chi connectivity index (χ2n) is 6.21. The van der Waals surface area contributed by atoms with Gasteiger partial charge in [-0.05, 0) is 33.1 Å². The molecule has 1 N–H and O–H groups in total. The molecule has 1 aromatic carbocycles. The third kappa shape index (κ3) is 4.03. The van der Waals surface area contributed by atoms with Crippen molar-refractivity contribution in [2.75, 3.05) is 34.2 Å². The molecule has 0 bridgehead atoms. The van der Waals surface area contributed by atoms with Crippen molar-refractivity contribution in [3.05, 3.63) is 35.6 Å². The summed E-state index contributed by atoms with van der Waals surface area (Å²) in [6.07, 6.45) is 0.992. The Kier molecular flexibility index (Phi) is 7.55. The molecular weight excluding hydrogens is 349 g/mol. The van der Waals surface area contributed by atoms with Crippen molar-refractivity contribution >= 4 is 41.7 Å². The van der Waals surface area contributed by atoms with Crippen molar-refractivity contribution < 1.29 is 9.21 Å². The number of para-hydroxylation sites is 1. The number of nitrogens with one attached hydrogen (secondary N) is 1. The number of halogens is 2. The van der Waals surface area contributed by atoms with Gasteiger partial charge in [0.1, 0.15) is 5.58 Å². The van der Waals surface area contributed by atoms with E-state index in [1.165, 1.54) is 0 Å². The van der Waals surface area contributed by atoms with Crippen LogP contribution in [0.5, 0.6) is 0 Å². The van der Waals surface area contributed by atoms with Crippen molar-refractivity contribution in [1.29, 1.82) is 0 Å². The highest BCUT2D eigenvalue weighted by Crippen LogP contribution is 2.28. The Morgan fingerprint density at radius 1 is 1.25 bits per heavy atom. The van der Waals surface area contributed by atoms with Crippen LogP contribution in [0, 0.1) is 0 Å². The number of amides is 1. The number of hydrogen-bond donors (Lipinski definition) is 1. The van der Waals surface area contributed by atoms with Crippen LogP contribution in [0.3, 0.4) is 0 Å². The van der Waals surface area contributed by atoms with E-state index in [0.717, 1.165) is 36.0 Å². The first kappa shape index (κ1) is 20.8. The van der Waals surface area contributed by atoms with Gasteiger partial charge in [0, 0.05) is 37.1 Å².